The van der Waals surface area contributed by atoms with Gasteiger partial charge in [0.1, 0.15) is 12.4 Å². The first-order chi connectivity index (χ1) is 18.1. The van der Waals surface area contributed by atoms with Crippen molar-refractivity contribution in [3.8, 4) is 5.75 Å². The molecule has 0 fully saturated rings. The first kappa shape index (κ1) is 27.9. The molecule has 38 heavy (non-hydrogen) atoms. The van der Waals surface area contributed by atoms with Crippen molar-refractivity contribution in [2.45, 2.75) is 37.5 Å². The fourth-order valence-electron chi connectivity index (χ4n) is 4.55. The molecular formula is C26H32F3N5O3S. The minimum Gasteiger partial charge on any atom is -0.492 e. The van der Waals surface area contributed by atoms with Crippen LogP contribution in [0.1, 0.15) is 23.2 Å². The number of likely N-dealkylation sites (N-methyl/N-ethyl adjacent to an activating group) is 1. The van der Waals surface area contributed by atoms with Gasteiger partial charge in [-0.2, -0.15) is 17.5 Å². The molecule has 0 bridgehead atoms. The van der Waals surface area contributed by atoms with E-state index in [2.05, 4.69) is 9.97 Å². The first-order valence-electron chi connectivity index (χ1n) is 12.3. The van der Waals surface area contributed by atoms with Crippen LogP contribution in [0.4, 0.5) is 18.9 Å². The van der Waals surface area contributed by atoms with E-state index in [4.69, 9.17) is 4.74 Å². The molecule has 0 saturated carbocycles. The molecule has 12 heteroatoms. The molecule has 0 aliphatic carbocycles. The number of nitrogens with zero attached hydrogens (tertiary/aromatic N) is 4. The second-order valence-corrected chi connectivity index (χ2v) is 11.5. The van der Waals surface area contributed by atoms with Crippen molar-refractivity contribution in [1.82, 2.24) is 19.2 Å². The Kier molecular flexibility index (Phi) is 8.64. The molecule has 0 amide bonds. The normalized spacial score (nSPS) is 16.9. The average Bonchev–Trinajstić information content (AvgIpc) is 3.32. The second-order valence-electron chi connectivity index (χ2n) is 9.53. The molecule has 1 aromatic heterocycles. The molecule has 3 aromatic rings. The topological polar surface area (TPSA) is 81.8 Å². The Hall–Kier alpha value is -3.09. The number of imidazole rings is 1. The quantitative estimate of drug-likeness (QED) is 0.410. The summed E-state index contributed by atoms with van der Waals surface area (Å²) < 4.78 is 73.4. The van der Waals surface area contributed by atoms with E-state index in [1.54, 1.807) is 18.3 Å². The monoisotopic (exact) mass is 551 g/mol. The minimum absolute atomic E-state index is 0.299. The van der Waals surface area contributed by atoms with Crippen LogP contribution in [0.5, 0.6) is 5.75 Å². The van der Waals surface area contributed by atoms with Gasteiger partial charge in [-0.25, -0.2) is 13.4 Å². The minimum atomic E-state index is -5.59. The van der Waals surface area contributed by atoms with Gasteiger partial charge in [0.25, 0.3) is 0 Å². The number of aromatic amines is 1. The lowest BCUT2D eigenvalue weighted by Crippen LogP contribution is -2.47. The lowest BCUT2D eigenvalue weighted by Gasteiger charge is -2.34. The molecule has 0 spiro atoms. The Balaban J connectivity index is 1.78. The molecule has 1 aliphatic heterocycles. The highest BCUT2D eigenvalue weighted by Gasteiger charge is 2.51. The summed E-state index contributed by atoms with van der Waals surface area (Å²) >= 11 is 0. The van der Waals surface area contributed by atoms with E-state index in [1.165, 1.54) is 6.33 Å². The van der Waals surface area contributed by atoms with Crippen LogP contribution in [-0.2, 0) is 29.5 Å². The zero-order valence-electron chi connectivity index (χ0n) is 21.4. The van der Waals surface area contributed by atoms with Crippen molar-refractivity contribution in [2.24, 2.45) is 0 Å². The molecule has 1 N–H and O–H groups in total. The molecule has 2 heterocycles. The number of alkyl halides is 3. The molecule has 0 saturated heterocycles. The highest BCUT2D eigenvalue weighted by Crippen LogP contribution is 2.39. The molecule has 1 unspecified atom stereocenters. The number of halogens is 3. The third kappa shape index (κ3) is 6.48. The van der Waals surface area contributed by atoms with Gasteiger partial charge in [-0.15, -0.1) is 0 Å². The second kappa shape index (κ2) is 11.7. The molecular weight excluding hydrogens is 519 g/mol. The smallest absolute Gasteiger partial charge is 0.492 e. The average molecular weight is 552 g/mol. The van der Waals surface area contributed by atoms with Crippen LogP contribution in [-0.4, -0.2) is 72.9 Å². The van der Waals surface area contributed by atoms with Gasteiger partial charge in [0.05, 0.1) is 18.6 Å². The number of H-pyrrole nitrogens is 1. The summed E-state index contributed by atoms with van der Waals surface area (Å²) in [6.07, 6.45) is 4.20. The number of fused-ring (bicyclic) bond motifs is 1. The van der Waals surface area contributed by atoms with Gasteiger partial charge in [-0.05, 0) is 44.6 Å². The molecule has 8 nitrogen and oxygen atoms in total. The van der Waals surface area contributed by atoms with Crippen molar-refractivity contribution in [3.63, 3.8) is 0 Å². The third-order valence-corrected chi connectivity index (χ3v) is 8.08. The van der Waals surface area contributed by atoms with E-state index in [1.807, 2.05) is 60.3 Å². The van der Waals surface area contributed by atoms with Crippen LogP contribution in [0.2, 0.25) is 0 Å². The zero-order chi connectivity index (χ0) is 27.3. The third-order valence-electron chi connectivity index (χ3n) is 6.54. The number of sulfonamides is 1. The van der Waals surface area contributed by atoms with Gasteiger partial charge in [0.2, 0.25) is 0 Å². The standard InChI is InChI=1S/C26H32F3N5O3S/c1-32(2)13-14-37-25-10-6-9-24-23(25)18-33(38(35,36)26(27,28)29)17-22(12-11-20-7-4-3-5-8-20)34(24)16-21-15-30-19-31-21/h3-10,15,19,22H,11-14,16-18H2,1-2H3,(H,30,31). The van der Waals surface area contributed by atoms with Crippen molar-refractivity contribution in [3.05, 3.63) is 77.9 Å². The summed E-state index contributed by atoms with van der Waals surface area (Å²) in [4.78, 5) is 11.0. The molecule has 2 aromatic carbocycles. The summed E-state index contributed by atoms with van der Waals surface area (Å²) in [6, 6.07) is 14.3. The summed E-state index contributed by atoms with van der Waals surface area (Å²) in [5.74, 6) is 0.366. The molecule has 1 atom stereocenters. The predicted molar refractivity (Wildman–Crippen MR) is 139 cm³/mol. The Bertz CT molecular complexity index is 1290. The highest BCUT2D eigenvalue weighted by molar-refractivity contribution is 7.89. The SMILES string of the molecule is CN(C)CCOc1cccc2c1CN(S(=O)(=O)C(F)(F)F)CC(CCc1ccccc1)N2Cc1cnc[nH]1. The maximum absolute atomic E-state index is 13.8. The van der Waals surface area contributed by atoms with Gasteiger partial charge < -0.3 is 19.5 Å². The van der Waals surface area contributed by atoms with Crippen LogP contribution < -0.4 is 9.64 Å². The van der Waals surface area contributed by atoms with Crippen LogP contribution in [0, 0.1) is 0 Å². The number of rotatable bonds is 10. The number of anilines is 1. The zero-order valence-corrected chi connectivity index (χ0v) is 22.2. The largest absolute Gasteiger partial charge is 0.511 e. The van der Waals surface area contributed by atoms with Crippen LogP contribution in [0.25, 0.3) is 0 Å². The first-order valence-corrected chi connectivity index (χ1v) is 13.7. The lowest BCUT2D eigenvalue weighted by molar-refractivity contribution is -0.0492. The fourth-order valence-corrected chi connectivity index (χ4v) is 5.51. The Morgan fingerprint density at radius 2 is 1.89 bits per heavy atom. The number of ether oxygens (including phenoxy) is 1. The van der Waals surface area contributed by atoms with Gasteiger partial charge in [-0.1, -0.05) is 36.4 Å². The number of aryl methyl sites for hydroxylation is 1. The number of aromatic nitrogens is 2. The highest BCUT2D eigenvalue weighted by atomic mass is 32.2. The molecule has 206 valence electrons. The van der Waals surface area contributed by atoms with Gasteiger partial charge in [0, 0.05) is 43.1 Å². The van der Waals surface area contributed by atoms with Gasteiger partial charge in [0.15, 0.2) is 0 Å². The maximum Gasteiger partial charge on any atom is 0.511 e. The Morgan fingerprint density at radius 3 is 2.55 bits per heavy atom. The summed E-state index contributed by atoms with van der Waals surface area (Å²) in [5.41, 5.74) is -2.60. The summed E-state index contributed by atoms with van der Waals surface area (Å²) in [7, 11) is -1.83. The number of nitrogens with one attached hydrogen (secondary N) is 1. The van der Waals surface area contributed by atoms with E-state index in [9.17, 15) is 21.6 Å². The molecule has 0 radical (unpaired) electrons. The van der Waals surface area contributed by atoms with Gasteiger partial charge >= 0.3 is 15.5 Å². The number of hydrogen-bond donors (Lipinski definition) is 1. The fraction of sp³-hybridized carbons (Fsp3) is 0.423. The van der Waals surface area contributed by atoms with E-state index in [0.717, 1.165) is 11.3 Å². The molecule has 4 rings (SSSR count). The van der Waals surface area contributed by atoms with Crippen molar-refractivity contribution >= 4 is 15.7 Å². The van der Waals surface area contributed by atoms with Crippen LogP contribution in [0.15, 0.2) is 61.1 Å². The summed E-state index contributed by atoms with van der Waals surface area (Å²) in [5, 5.41) is 0. The van der Waals surface area contributed by atoms with E-state index >= 15 is 0 Å². The van der Waals surface area contributed by atoms with E-state index in [-0.39, 0.29) is 6.54 Å². The molecule has 1 aliphatic rings. The summed E-state index contributed by atoms with van der Waals surface area (Å²) in [6.45, 7) is 0.429. The van der Waals surface area contributed by atoms with Crippen molar-refractivity contribution in [1.29, 1.82) is 0 Å². The number of benzene rings is 2. The maximum atomic E-state index is 13.8. The van der Waals surface area contributed by atoms with Crippen LogP contribution in [0.3, 0.4) is 0 Å². The van der Waals surface area contributed by atoms with Gasteiger partial charge in [-0.3, -0.25) is 0 Å². The number of hydrogen-bond acceptors (Lipinski definition) is 6. The van der Waals surface area contributed by atoms with Crippen molar-refractivity contribution in [2.75, 3.05) is 38.7 Å². The Morgan fingerprint density at radius 1 is 1.13 bits per heavy atom. The van der Waals surface area contributed by atoms with Crippen LogP contribution >= 0.6 is 0 Å². The van der Waals surface area contributed by atoms with Crippen molar-refractivity contribution < 1.29 is 26.3 Å². The van der Waals surface area contributed by atoms with E-state index < -0.39 is 28.1 Å². The predicted octanol–water partition coefficient (Wildman–Crippen LogP) is 4.02. The Labute approximate surface area is 221 Å². The van der Waals surface area contributed by atoms with E-state index in [0.29, 0.717) is 53.8 Å². The lowest BCUT2D eigenvalue weighted by atomic mass is 10.0.